The molecule has 0 aliphatic carbocycles. The first-order chi connectivity index (χ1) is 7.77. The Labute approximate surface area is 94.5 Å². The van der Waals surface area contributed by atoms with Crippen LogP contribution in [-0.2, 0) is 6.54 Å². The zero-order chi connectivity index (χ0) is 11.4. The van der Waals surface area contributed by atoms with Crippen LogP contribution in [0.2, 0.25) is 0 Å². The van der Waals surface area contributed by atoms with E-state index in [1.165, 1.54) is 0 Å². The van der Waals surface area contributed by atoms with Crippen molar-refractivity contribution in [3.05, 3.63) is 54.1 Å². The Hall–Kier alpha value is -2.16. The molecule has 0 radical (unpaired) electrons. The fourth-order valence-electron chi connectivity index (χ4n) is 1.53. The van der Waals surface area contributed by atoms with Gasteiger partial charge in [-0.15, -0.1) is 0 Å². The molecule has 16 heavy (non-hydrogen) atoms. The Morgan fingerprint density at radius 1 is 1.00 bits per heavy atom. The number of nitrogens with two attached hydrogens (primary N) is 1. The van der Waals surface area contributed by atoms with Crippen LogP contribution >= 0.6 is 0 Å². The predicted octanol–water partition coefficient (Wildman–Crippen LogP) is 2.59. The number of para-hydroxylation sites is 1. The summed E-state index contributed by atoms with van der Waals surface area (Å²) in [6.07, 6.45) is 0. The van der Waals surface area contributed by atoms with Crippen LogP contribution in [0.3, 0.4) is 0 Å². The van der Waals surface area contributed by atoms with Gasteiger partial charge < -0.3 is 16.2 Å². The fraction of sp³-hybridized carbons (Fsp3) is 0.0769. The second kappa shape index (κ2) is 4.57. The molecule has 0 heterocycles. The largest absolute Gasteiger partial charge is 0.508 e. The van der Waals surface area contributed by atoms with Crippen LogP contribution < -0.4 is 11.1 Å². The van der Waals surface area contributed by atoms with Crippen molar-refractivity contribution in [3.63, 3.8) is 0 Å². The van der Waals surface area contributed by atoms with Crippen molar-refractivity contribution in [1.29, 1.82) is 0 Å². The first kappa shape index (κ1) is 10.4. The standard InChI is InChI=1S/C13H14N2O/c14-12-7-4-8-13(16)11(12)9-15-10-5-2-1-3-6-10/h1-8,15-16H,9,14H2. The number of phenols is 1. The molecule has 0 atom stereocenters. The highest BCUT2D eigenvalue weighted by atomic mass is 16.3. The Balaban J connectivity index is 2.11. The summed E-state index contributed by atoms with van der Waals surface area (Å²) in [6.45, 7) is 0.516. The van der Waals surface area contributed by atoms with Crippen LogP contribution in [0.15, 0.2) is 48.5 Å². The van der Waals surface area contributed by atoms with E-state index in [0.29, 0.717) is 12.2 Å². The molecule has 0 spiro atoms. The molecule has 0 fully saturated rings. The summed E-state index contributed by atoms with van der Waals surface area (Å²) in [5.74, 6) is 0.225. The van der Waals surface area contributed by atoms with E-state index in [2.05, 4.69) is 5.32 Å². The molecule has 0 saturated carbocycles. The Morgan fingerprint density at radius 2 is 1.75 bits per heavy atom. The number of phenolic OH excluding ortho intramolecular Hbond substituents is 1. The molecule has 0 aliphatic rings. The molecule has 2 rings (SSSR count). The second-order valence-electron chi connectivity index (χ2n) is 3.56. The van der Waals surface area contributed by atoms with Crippen LogP contribution in [0.4, 0.5) is 11.4 Å². The van der Waals surface area contributed by atoms with Gasteiger partial charge in [0.15, 0.2) is 0 Å². The smallest absolute Gasteiger partial charge is 0.122 e. The molecule has 3 nitrogen and oxygen atoms in total. The molecule has 4 N–H and O–H groups in total. The van der Waals surface area contributed by atoms with Gasteiger partial charge in [0.1, 0.15) is 5.75 Å². The van der Waals surface area contributed by atoms with Crippen LogP contribution in [0.5, 0.6) is 5.75 Å². The minimum absolute atomic E-state index is 0.225. The van der Waals surface area contributed by atoms with Gasteiger partial charge in [-0.25, -0.2) is 0 Å². The number of hydrogen-bond acceptors (Lipinski definition) is 3. The summed E-state index contributed by atoms with van der Waals surface area (Å²) in [7, 11) is 0. The van der Waals surface area contributed by atoms with E-state index in [4.69, 9.17) is 5.73 Å². The van der Waals surface area contributed by atoms with E-state index in [0.717, 1.165) is 11.3 Å². The predicted molar refractivity (Wildman–Crippen MR) is 66.3 cm³/mol. The topological polar surface area (TPSA) is 58.3 Å². The lowest BCUT2D eigenvalue weighted by atomic mass is 10.1. The van der Waals surface area contributed by atoms with E-state index < -0.39 is 0 Å². The summed E-state index contributed by atoms with van der Waals surface area (Å²) in [4.78, 5) is 0. The molecular formula is C13H14N2O. The molecule has 0 bridgehead atoms. The number of nitrogens with one attached hydrogen (secondary N) is 1. The summed E-state index contributed by atoms with van der Waals surface area (Å²) in [5, 5.41) is 12.9. The molecule has 0 aromatic heterocycles. The quantitative estimate of drug-likeness (QED) is 0.688. The average molecular weight is 214 g/mol. The minimum Gasteiger partial charge on any atom is -0.508 e. The van der Waals surface area contributed by atoms with E-state index in [1.54, 1.807) is 18.2 Å². The van der Waals surface area contributed by atoms with E-state index >= 15 is 0 Å². The van der Waals surface area contributed by atoms with Crippen molar-refractivity contribution in [3.8, 4) is 5.75 Å². The van der Waals surface area contributed by atoms with Gasteiger partial charge in [-0.05, 0) is 24.3 Å². The molecular weight excluding hydrogens is 200 g/mol. The van der Waals surface area contributed by atoms with Gasteiger partial charge in [0.05, 0.1) is 0 Å². The van der Waals surface area contributed by atoms with Crippen LogP contribution in [0.1, 0.15) is 5.56 Å². The molecule has 82 valence electrons. The highest BCUT2D eigenvalue weighted by Gasteiger charge is 2.04. The van der Waals surface area contributed by atoms with Crippen molar-refractivity contribution in [2.75, 3.05) is 11.1 Å². The van der Waals surface area contributed by atoms with Crippen molar-refractivity contribution in [2.45, 2.75) is 6.54 Å². The van der Waals surface area contributed by atoms with Gasteiger partial charge in [-0.3, -0.25) is 0 Å². The molecule has 0 unspecified atom stereocenters. The first-order valence-corrected chi connectivity index (χ1v) is 5.12. The lowest BCUT2D eigenvalue weighted by Crippen LogP contribution is -2.02. The minimum atomic E-state index is 0.225. The molecule has 0 aliphatic heterocycles. The number of benzene rings is 2. The monoisotopic (exact) mass is 214 g/mol. The number of nitrogen functional groups attached to an aromatic ring is 1. The molecule has 3 heteroatoms. The second-order valence-corrected chi connectivity index (χ2v) is 3.56. The van der Waals surface area contributed by atoms with Crippen molar-refractivity contribution >= 4 is 11.4 Å². The zero-order valence-corrected chi connectivity index (χ0v) is 8.85. The zero-order valence-electron chi connectivity index (χ0n) is 8.85. The van der Waals surface area contributed by atoms with Crippen LogP contribution in [0.25, 0.3) is 0 Å². The van der Waals surface area contributed by atoms with Gasteiger partial charge in [0, 0.05) is 23.5 Å². The third-order valence-electron chi connectivity index (χ3n) is 2.43. The normalized spacial score (nSPS) is 10.0. The molecule has 2 aromatic carbocycles. The van der Waals surface area contributed by atoms with E-state index in [1.807, 2.05) is 30.3 Å². The Bertz CT molecular complexity index is 448. The van der Waals surface area contributed by atoms with Gasteiger partial charge in [0.25, 0.3) is 0 Å². The Kier molecular flexibility index (Phi) is 2.96. The number of anilines is 2. The fourth-order valence-corrected chi connectivity index (χ4v) is 1.53. The van der Waals surface area contributed by atoms with Gasteiger partial charge >= 0.3 is 0 Å². The SMILES string of the molecule is Nc1cccc(O)c1CNc1ccccc1. The summed E-state index contributed by atoms with van der Waals surface area (Å²) >= 11 is 0. The Morgan fingerprint density at radius 3 is 2.44 bits per heavy atom. The maximum atomic E-state index is 9.65. The number of hydrogen-bond donors (Lipinski definition) is 3. The lowest BCUT2D eigenvalue weighted by molar-refractivity contribution is 0.469. The number of rotatable bonds is 3. The molecule has 0 amide bonds. The van der Waals surface area contributed by atoms with Gasteiger partial charge in [-0.1, -0.05) is 24.3 Å². The maximum absolute atomic E-state index is 9.65. The summed E-state index contributed by atoms with van der Waals surface area (Å²) in [6, 6.07) is 15.0. The van der Waals surface area contributed by atoms with E-state index in [-0.39, 0.29) is 5.75 Å². The van der Waals surface area contributed by atoms with Crippen LogP contribution in [0, 0.1) is 0 Å². The van der Waals surface area contributed by atoms with E-state index in [9.17, 15) is 5.11 Å². The average Bonchev–Trinajstić information content (AvgIpc) is 2.30. The van der Waals surface area contributed by atoms with Gasteiger partial charge in [0.2, 0.25) is 0 Å². The third-order valence-corrected chi connectivity index (χ3v) is 2.43. The van der Waals surface area contributed by atoms with Crippen molar-refractivity contribution in [2.24, 2.45) is 0 Å². The molecule has 2 aromatic rings. The maximum Gasteiger partial charge on any atom is 0.122 e. The van der Waals surface area contributed by atoms with Crippen molar-refractivity contribution < 1.29 is 5.11 Å². The van der Waals surface area contributed by atoms with Crippen molar-refractivity contribution in [1.82, 2.24) is 0 Å². The summed E-state index contributed by atoms with van der Waals surface area (Å²) < 4.78 is 0. The highest BCUT2D eigenvalue weighted by molar-refractivity contribution is 5.55. The third kappa shape index (κ3) is 2.25. The van der Waals surface area contributed by atoms with Gasteiger partial charge in [-0.2, -0.15) is 0 Å². The highest BCUT2D eigenvalue weighted by Crippen LogP contribution is 2.23. The lowest BCUT2D eigenvalue weighted by Gasteiger charge is -2.10. The van der Waals surface area contributed by atoms with Crippen LogP contribution in [-0.4, -0.2) is 5.11 Å². The first-order valence-electron chi connectivity index (χ1n) is 5.12. The summed E-state index contributed by atoms with van der Waals surface area (Å²) in [5.41, 5.74) is 8.12. The molecule has 0 saturated heterocycles. The number of aromatic hydroxyl groups is 1.